The van der Waals surface area contributed by atoms with Gasteiger partial charge in [0, 0.05) is 34.7 Å². The highest BCUT2D eigenvalue weighted by atomic mass is 32.2. The van der Waals surface area contributed by atoms with E-state index in [0.29, 0.717) is 32.7 Å². The van der Waals surface area contributed by atoms with Gasteiger partial charge in [0.15, 0.2) is 9.84 Å². The molecule has 0 aliphatic rings. The van der Waals surface area contributed by atoms with Gasteiger partial charge in [0.1, 0.15) is 11.9 Å². The molecule has 0 fully saturated rings. The number of hydrogen-bond donors (Lipinski definition) is 0. The number of hydrogen-bond acceptors (Lipinski definition) is 7. The van der Waals surface area contributed by atoms with Crippen LogP contribution in [0.5, 0.6) is 0 Å². The van der Waals surface area contributed by atoms with Gasteiger partial charge in [0.05, 0.1) is 22.8 Å². The summed E-state index contributed by atoms with van der Waals surface area (Å²) in [6, 6.07) is 12.3. The van der Waals surface area contributed by atoms with Crippen molar-refractivity contribution in [1.29, 1.82) is 5.26 Å². The molecule has 0 N–H and O–H groups in total. The Morgan fingerprint density at radius 3 is 2.50 bits per heavy atom. The van der Waals surface area contributed by atoms with Crippen LogP contribution in [-0.4, -0.2) is 38.0 Å². The first-order valence-corrected chi connectivity index (χ1v) is 12.4. The number of carbonyl (C=O) groups is 1. The number of benzene rings is 2. The molecule has 0 amide bonds. The molecule has 0 bridgehead atoms. The third-order valence-electron chi connectivity index (χ3n) is 4.47. The molecule has 0 unspecified atom stereocenters. The average molecular weight is 471 g/mol. The Morgan fingerprint density at radius 2 is 1.88 bits per heavy atom. The summed E-state index contributed by atoms with van der Waals surface area (Å²) in [7, 11) is -3.60. The third-order valence-corrected chi connectivity index (χ3v) is 6.57. The highest BCUT2D eigenvalue weighted by molar-refractivity contribution is 8.00. The number of thioether (sulfide) groups is 1. The molecule has 2 aromatic carbocycles. The minimum Gasteiger partial charge on any atom is -0.465 e. The first kappa shape index (κ1) is 23.4. The Hall–Kier alpha value is -3.22. The Bertz CT molecular complexity index is 1300. The van der Waals surface area contributed by atoms with Crippen LogP contribution in [-0.2, 0) is 19.4 Å². The maximum absolute atomic E-state index is 13.6. The molecule has 0 spiro atoms. The number of nitriles is 1. The van der Waals surface area contributed by atoms with Crippen LogP contribution in [0.4, 0.5) is 4.39 Å². The average Bonchev–Trinajstić information content (AvgIpc) is 2.77. The summed E-state index contributed by atoms with van der Waals surface area (Å²) in [5, 5.41) is 9.30. The van der Waals surface area contributed by atoms with Gasteiger partial charge in [-0.05, 0) is 48.4 Å². The fraction of sp³-hybridized carbons (Fsp3) is 0.174. The fourth-order valence-electron chi connectivity index (χ4n) is 3.05. The molecule has 32 heavy (non-hydrogen) atoms. The zero-order chi connectivity index (χ0) is 23.3. The van der Waals surface area contributed by atoms with E-state index in [9.17, 15) is 22.9 Å². The van der Waals surface area contributed by atoms with E-state index >= 15 is 0 Å². The topological polar surface area (TPSA) is 97.1 Å². The van der Waals surface area contributed by atoms with Gasteiger partial charge in [-0.1, -0.05) is 12.1 Å². The number of rotatable bonds is 7. The quantitative estimate of drug-likeness (QED) is 0.371. The normalized spacial score (nSPS) is 11.1. The number of halogens is 1. The van der Waals surface area contributed by atoms with Gasteiger partial charge >= 0.3 is 5.97 Å². The van der Waals surface area contributed by atoms with Crippen molar-refractivity contribution in [1.82, 2.24) is 4.98 Å². The molecule has 0 atom stereocenters. The predicted octanol–water partition coefficient (Wildman–Crippen LogP) is 4.49. The largest absolute Gasteiger partial charge is 0.465 e. The number of esters is 1. The zero-order valence-corrected chi connectivity index (χ0v) is 19.0. The lowest BCUT2D eigenvalue weighted by Crippen LogP contribution is -2.07. The molecular weight excluding hydrogens is 451 g/mol. The van der Waals surface area contributed by atoms with Crippen LogP contribution in [0.25, 0.3) is 22.3 Å². The first-order valence-electron chi connectivity index (χ1n) is 9.51. The molecule has 0 saturated carbocycles. The molecule has 0 aliphatic heterocycles. The van der Waals surface area contributed by atoms with Gasteiger partial charge in [0.25, 0.3) is 0 Å². The number of aromatic nitrogens is 1. The minimum atomic E-state index is -3.60. The molecule has 0 radical (unpaired) electrons. The van der Waals surface area contributed by atoms with E-state index in [1.54, 1.807) is 31.3 Å². The second kappa shape index (κ2) is 9.94. The highest BCUT2D eigenvalue weighted by Crippen LogP contribution is 2.41. The number of nitrogens with zero attached hydrogens (tertiary/aromatic N) is 2. The lowest BCUT2D eigenvalue weighted by molar-refractivity contribution is -0.139. The number of sulfone groups is 1. The van der Waals surface area contributed by atoms with E-state index in [-0.39, 0.29) is 17.3 Å². The Labute approximate surface area is 190 Å². The van der Waals surface area contributed by atoms with Crippen LogP contribution in [0.1, 0.15) is 12.5 Å². The highest BCUT2D eigenvalue weighted by Gasteiger charge is 2.20. The molecule has 1 heterocycles. The van der Waals surface area contributed by atoms with Gasteiger partial charge < -0.3 is 4.74 Å². The number of ether oxygens (including phenoxy) is 1. The van der Waals surface area contributed by atoms with Crippen molar-refractivity contribution >= 4 is 27.6 Å². The summed E-state index contributed by atoms with van der Waals surface area (Å²) < 4.78 is 43.3. The van der Waals surface area contributed by atoms with Crippen LogP contribution >= 0.6 is 11.8 Å². The van der Waals surface area contributed by atoms with E-state index < -0.39 is 21.6 Å². The Morgan fingerprint density at radius 1 is 1.16 bits per heavy atom. The van der Waals surface area contributed by atoms with Crippen molar-refractivity contribution in [3.05, 3.63) is 66.2 Å². The molecular formula is C23H19FN2O4S2. The van der Waals surface area contributed by atoms with Crippen LogP contribution in [0.3, 0.4) is 0 Å². The Balaban J connectivity index is 2.31. The van der Waals surface area contributed by atoms with Crippen molar-refractivity contribution in [2.45, 2.75) is 16.7 Å². The summed E-state index contributed by atoms with van der Waals surface area (Å²) in [6.45, 7) is 1.93. The van der Waals surface area contributed by atoms with E-state index in [4.69, 9.17) is 4.74 Å². The minimum absolute atomic E-state index is 0.0394. The summed E-state index contributed by atoms with van der Waals surface area (Å²) in [4.78, 5) is 16.6. The molecule has 164 valence electrons. The van der Waals surface area contributed by atoms with E-state index in [0.717, 1.165) is 18.0 Å². The number of carbonyl (C=O) groups excluding carboxylic acids is 1. The molecule has 0 saturated heterocycles. The van der Waals surface area contributed by atoms with Crippen LogP contribution in [0.15, 0.2) is 64.6 Å². The maximum Gasteiger partial charge on any atom is 0.316 e. The zero-order valence-electron chi connectivity index (χ0n) is 17.3. The molecule has 1 aromatic heterocycles. The van der Waals surface area contributed by atoms with Crippen molar-refractivity contribution in [2.24, 2.45) is 0 Å². The van der Waals surface area contributed by atoms with E-state index in [2.05, 4.69) is 4.98 Å². The SMILES string of the molecule is CCOC(=O)CSc1cc(S(C)(=O)=O)cc(-c2ccc(F)cc2)c1-c1cncc(C#N)c1. The third kappa shape index (κ3) is 5.52. The molecule has 9 heteroatoms. The van der Waals surface area contributed by atoms with Crippen LogP contribution < -0.4 is 0 Å². The fourth-order valence-corrected chi connectivity index (χ4v) is 4.73. The lowest BCUT2D eigenvalue weighted by Gasteiger charge is -2.17. The molecule has 6 nitrogen and oxygen atoms in total. The van der Waals surface area contributed by atoms with Crippen molar-refractivity contribution in [2.75, 3.05) is 18.6 Å². The van der Waals surface area contributed by atoms with Gasteiger partial charge in [0.2, 0.25) is 0 Å². The first-order chi connectivity index (χ1) is 15.2. The van der Waals surface area contributed by atoms with Crippen molar-refractivity contribution in [3.63, 3.8) is 0 Å². The molecule has 3 aromatic rings. The van der Waals surface area contributed by atoms with E-state index in [1.165, 1.54) is 30.5 Å². The molecule has 3 rings (SSSR count). The summed E-state index contributed by atoms with van der Waals surface area (Å²) in [5.74, 6) is -0.914. The summed E-state index contributed by atoms with van der Waals surface area (Å²) in [6.07, 6.45) is 4.06. The maximum atomic E-state index is 13.6. The van der Waals surface area contributed by atoms with Gasteiger partial charge in [-0.15, -0.1) is 11.8 Å². The predicted molar refractivity (Wildman–Crippen MR) is 120 cm³/mol. The van der Waals surface area contributed by atoms with Crippen molar-refractivity contribution in [3.8, 4) is 28.3 Å². The lowest BCUT2D eigenvalue weighted by atomic mass is 9.94. The monoisotopic (exact) mass is 470 g/mol. The van der Waals surface area contributed by atoms with Crippen LogP contribution in [0, 0.1) is 17.1 Å². The van der Waals surface area contributed by atoms with Gasteiger partial charge in [-0.2, -0.15) is 5.26 Å². The van der Waals surface area contributed by atoms with Crippen LogP contribution in [0.2, 0.25) is 0 Å². The smallest absolute Gasteiger partial charge is 0.316 e. The molecule has 0 aliphatic carbocycles. The Kier molecular flexibility index (Phi) is 7.28. The van der Waals surface area contributed by atoms with Gasteiger partial charge in [-0.25, -0.2) is 12.8 Å². The second-order valence-electron chi connectivity index (χ2n) is 6.79. The van der Waals surface area contributed by atoms with E-state index in [1.807, 2.05) is 6.07 Å². The van der Waals surface area contributed by atoms with Gasteiger partial charge in [-0.3, -0.25) is 9.78 Å². The van der Waals surface area contributed by atoms with Crippen molar-refractivity contribution < 1.29 is 22.3 Å². The standard InChI is InChI=1S/C23H19FN2O4S2/c1-3-30-22(27)14-31-21-10-19(32(2,28)29)9-20(16-4-6-18(24)7-5-16)23(21)17-8-15(11-25)12-26-13-17/h4-10,12-13H,3,14H2,1-2H3. The number of pyridine rings is 1. The summed E-state index contributed by atoms with van der Waals surface area (Å²) in [5.41, 5.74) is 2.56. The second-order valence-corrected chi connectivity index (χ2v) is 9.82. The summed E-state index contributed by atoms with van der Waals surface area (Å²) >= 11 is 1.12.